The third-order valence-corrected chi connectivity index (χ3v) is 4.05. The average Bonchev–Trinajstić information content (AvgIpc) is 2.96. The molecule has 1 aromatic carbocycles. The Morgan fingerprint density at radius 2 is 2.08 bits per heavy atom. The van der Waals surface area contributed by atoms with Crippen molar-refractivity contribution in [2.75, 3.05) is 6.61 Å². The molecule has 0 saturated heterocycles. The smallest absolute Gasteiger partial charge is 0.339 e. The summed E-state index contributed by atoms with van der Waals surface area (Å²) in [5.74, 6) is 0.486. The highest BCUT2D eigenvalue weighted by molar-refractivity contribution is 7.98. The van der Waals surface area contributed by atoms with Gasteiger partial charge in [0.05, 0.1) is 11.3 Å². The minimum absolute atomic E-state index is 0.00459. The highest BCUT2D eigenvalue weighted by Gasteiger charge is 2.15. The summed E-state index contributed by atoms with van der Waals surface area (Å²) in [4.78, 5) is 24.6. The first-order valence-corrected chi connectivity index (χ1v) is 8.54. The van der Waals surface area contributed by atoms with Gasteiger partial charge in [0.25, 0.3) is 5.91 Å². The molecule has 0 atom stereocenters. The largest absolute Gasteiger partial charge is 0.452 e. The van der Waals surface area contributed by atoms with Crippen LogP contribution in [0.2, 0.25) is 0 Å². The number of aromatic nitrogens is 1. The summed E-state index contributed by atoms with van der Waals surface area (Å²) < 4.78 is 10.1. The van der Waals surface area contributed by atoms with Crippen molar-refractivity contribution in [3.8, 4) is 0 Å². The zero-order valence-electron chi connectivity index (χ0n) is 13.9. The van der Waals surface area contributed by atoms with Gasteiger partial charge in [0.1, 0.15) is 5.76 Å². The molecule has 7 heteroatoms. The number of carbonyl (C=O) groups is 2. The summed E-state index contributed by atoms with van der Waals surface area (Å²) in [7, 11) is 0. The predicted octanol–water partition coefficient (Wildman–Crippen LogP) is 2.96. The van der Waals surface area contributed by atoms with E-state index in [0.29, 0.717) is 11.3 Å². The quantitative estimate of drug-likeness (QED) is 0.612. The molecule has 0 aliphatic carbocycles. The lowest BCUT2D eigenvalue weighted by molar-refractivity contribution is -0.124. The number of rotatable bonds is 7. The average molecular weight is 348 g/mol. The number of thioether (sulfide) groups is 1. The minimum Gasteiger partial charge on any atom is -0.452 e. The van der Waals surface area contributed by atoms with Gasteiger partial charge < -0.3 is 14.6 Å². The maximum absolute atomic E-state index is 12.2. The fourth-order valence-corrected chi connectivity index (χ4v) is 2.89. The second-order valence-corrected chi connectivity index (χ2v) is 6.53. The van der Waals surface area contributed by atoms with Crippen LogP contribution < -0.4 is 5.32 Å². The Kier molecular flexibility index (Phi) is 6.43. The van der Waals surface area contributed by atoms with E-state index in [9.17, 15) is 9.59 Å². The molecular weight excluding hydrogens is 328 g/mol. The van der Waals surface area contributed by atoms with Crippen LogP contribution in [-0.4, -0.2) is 29.7 Å². The third kappa shape index (κ3) is 5.42. The van der Waals surface area contributed by atoms with Crippen LogP contribution in [0.25, 0.3) is 0 Å². The van der Waals surface area contributed by atoms with E-state index < -0.39 is 5.97 Å². The van der Waals surface area contributed by atoms with E-state index in [2.05, 4.69) is 10.5 Å². The number of hydrogen-bond donors (Lipinski definition) is 1. The molecule has 2 rings (SSSR count). The molecule has 128 valence electrons. The van der Waals surface area contributed by atoms with Gasteiger partial charge in [-0.25, -0.2) is 4.79 Å². The molecule has 0 radical (unpaired) electrons. The van der Waals surface area contributed by atoms with Crippen molar-refractivity contribution in [3.63, 3.8) is 0 Å². The van der Waals surface area contributed by atoms with Gasteiger partial charge >= 0.3 is 5.97 Å². The van der Waals surface area contributed by atoms with Gasteiger partial charge in [0.2, 0.25) is 0 Å². The van der Waals surface area contributed by atoms with Crippen molar-refractivity contribution in [2.45, 2.75) is 37.5 Å². The molecule has 1 N–H and O–H groups in total. The van der Waals surface area contributed by atoms with Crippen molar-refractivity contribution in [1.82, 2.24) is 10.5 Å². The lowest BCUT2D eigenvalue weighted by Gasteiger charge is -2.10. The van der Waals surface area contributed by atoms with Crippen LogP contribution in [0.1, 0.15) is 35.7 Å². The molecular formula is C17H20N2O4S. The van der Waals surface area contributed by atoms with Gasteiger partial charge in [-0.15, -0.1) is 11.8 Å². The normalized spacial score (nSPS) is 10.7. The van der Waals surface area contributed by atoms with E-state index >= 15 is 0 Å². The first-order chi connectivity index (χ1) is 11.5. The summed E-state index contributed by atoms with van der Waals surface area (Å²) in [5.41, 5.74) is 1.23. The standard InChI is InChI=1S/C17H20N2O4S/c1-11(2)18-16(20)9-22-17(21)14-6-4-5-7-15(14)24-10-13-8-12(3)23-19-13/h4-8,11H,9-10H2,1-3H3,(H,18,20). The van der Waals surface area contributed by atoms with Crippen LogP contribution in [-0.2, 0) is 15.3 Å². The van der Waals surface area contributed by atoms with Crippen molar-refractivity contribution in [2.24, 2.45) is 0 Å². The molecule has 6 nitrogen and oxygen atoms in total. The summed E-state index contributed by atoms with van der Waals surface area (Å²) in [5, 5.41) is 6.60. The molecule has 1 aromatic heterocycles. The lowest BCUT2D eigenvalue weighted by Crippen LogP contribution is -2.34. The van der Waals surface area contributed by atoms with Gasteiger partial charge in [-0.1, -0.05) is 17.3 Å². The van der Waals surface area contributed by atoms with Crippen molar-refractivity contribution in [3.05, 3.63) is 47.3 Å². The number of nitrogens with one attached hydrogen (secondary N) is 1. The number of esters is 1. The zero-order valence-corrected chi connectivity index (χ0v) is 14.7. The van der Waals surface area contributed by atoms with Gasteiger partial charge in [-0.2, -0.15) is 0 Å². The highest BCUT2D eigenvalue weighted by Crippen LogP contribution is 2.26. The molecule has 24 heavy (non-hydrogen) atoms. The van der Waals surface area contributed by atoms with E-state index in [4.69, 9.17) is 9.26 Å². The van der Waals surface area contributed by atoms with Gasteiger partial charge in [-0.3, -0.25) is 4.79 Å². The summed E-state index contributed by atoms with van der Waals surface area (Å²) >= 11 is 1.46. The van der Waals surface area contributed by atoms with Crippen LogP contribution in [0.3, 0.4) is 0 Å². The van der Waals surface area contributed by atoms with Gasteiger partial charge in [0, 0.05) is 22.8 Å². The molecule has 2 aromatic rings. The lowest BCUT2D eigenvalue weighted by atomic mass is 10.2. The van der Waals surface area contributed by atoms with Crippen molar-refractivity contribution in [1.29, 1.82) is 0 Å². The van der Waals surface area contributed by atoms with Crippen LogP contribution in [0, 0.1) is 6.92 Å². The number of aryl methyl sites for hydroxylation is 1. The van der Waals surface area contributed by atoms with E-state index in [1.807, 2.05) is 39.0 Å². The van der Waals surface area contributed by atoms with E-state index in [1.165, 1.54) is 11.8 Å². The monoisotopic (exact) mass is 348 g/mol. The fourth-order valence-electron chi connectivity index (χ4n) is 1.97. The molecule has 0 fully saturated rings. The second kappa shape index (κ2) is 8.54. The Morgan fingerprint density at radius 1 is 1.33 bits per heavy atom. The number of nitrogens with zero attached hydrogens (tertiary/aromatic N) is 1. The minimum atomic E-state index is -0.520. The summed E-state index contributed by atoms with van der Waals surface area (Å²) in [6.45, 7) is 5.22. The maximum Gasteiger partial charge on any atom is 0.339 e. The number of amides is 1. The summed E-state index contributed by atoms with van der Waals surface area (Å²) in [6.07, 6.45) is 0. The number of ether oxygens (including phenoxy) is 1. The molecule has 0 bridgehead atoms. The SMILES string of the molecule is Cc1cc(CSc2ccccc2C(=O)OCC(=O)NC(C)C)no1. The highest BCUT2D eigenvalue weighted by atomic mass is 32.2. The fraction of sp³-hybridized carbons (Fsp3) is 0.353. The first kappa shape index (κ1) is 18.1. The Morgan fingerprint density at radius 3 is 2.75 bits per heavy atom. The molecule has 0 aliphatic heterocycles. The van der Waals surface area contributed by atoms with E-state index in [1.54, 1.807) is 12.1 Å². The zero-order chi connectivity index (χ0) is 17.5. The second-order valence-electron chi connectivity index (χ2n) is 5.51. The van der Waals surface area contributed by atoms with Gasteiger partial charge in [0.15, 0.2) is 6.61 Å². The molecule has 0 spiro atoms. The van der Waals surface area contributed by atoms with Crippen LogP contribution >= 0.6 is 11.8 Å². The molecule has 0 aliphatic rings. The molecule has 0 saturated carbocycles. The molecule has 1 heterocycles. The first-order valence-electron chi connectivity index (χ1n) is 7.56. The van der Waals surface area contributed by atoms with Gasteiger partial charge in [-0.05, 0) is 32.9 Å². The Labute approximate surface area is 144 Å². The van der Waals surface area contributed by atoms with Crippen molar-refractivity contribution >= 4 is 23.6 Å². The summed E-state index contributed by atoms with van der Waals surface area (Å²) in [6, 6.07) is 8.98. The molecule has 1 amide bonds. The van der Waals surface area contributed by atoms with Crippen LogP contribution in [0.15, 0.2) is 39.8 Å². The van der Waals surface area contributed by atoms with Crippen LogP contribution in [0.4, 0.5) is 0 Å². The maximum atomic E-state index is 12.2. The Bertz CT molecular complexity index is 712. The van der Waals surface area contributed by atoms with Crippen LogP contribution in [0.5, 0.6) is 0 Å². The Hall–Kier alpha value is -2.28. The van der Waals surface area contributed by atoms with E-state index in [0.717, 1.165) is 16.3 Å². The van der Waals surface area contributed by atoms with E-state index in [-0.39, 0.29) is 18.6 Å². The number of benzene rings is 1. The third-order valence-electron chi connectivity index (χ3n) is 2.94. The molecule has 0 unspecified atom stereocenters. The number of hydrogen-bond acceptors (Lipinski definition) is 6. The van der Waals surface area contributed by atoms with Crippen molar-refractivity contribution < 1.29 is 18.8 Å². The topological polar surface area (TPSA) is 81.4 Å². The number of carbonyl (C=O) groups excluding carboxylic acids is 2. The predicted molar refractivity (Wildman–Crippen MR) is 90.8 cm³/mol. The Balaban J connectivity index is 1.97.